The zero-order chi connectivity index (χ0) is 12.6. The molecule has 1 heterocycles. The summed E-state index contributed by atoms with van der Waals surface area (Å²) in [5, 5.41) is 15.0. The Kier molecular flexibility index (Phi) is 3.27. The third kappa shape index (κ3) is 2.11. The van der Waals surface area contributed by atoms with Gasteiger partial charge in [-0.25, -0.2) is 0 Å². The number of aryl methyl sites for hydroxylation is 2. The Hall–Kier alpha value is -0.870. The van der Waals surface area contributed by atoms with Crippen LogP contribution >= 0.6 is 0 Å². The first-order chi connectivity index (χ1) is 7.98. The minimum absolute atomic E-state index is 0.146. The lowest BCUT2D eigenvalue weighted by molar-refractivity contribution is 0.0303. The van der Waals surface area contributed by atoms with Crippen LogP contribution in [0.2, 0.25) is 0 Å². The lowest BCUT2D eigenvalue weighted by atomic mass is 9.77. The van der Waals surface area contributed by atoms with E-state index in [0.717, 1.165) is 30.5 Å². The van der Waals surface area contributed by atoms with E-state index in [1.165, 1.54) is 0 Å². The van der Waals surface area contributed by atoms with Gasteiger partial charge in [-0.15, -0.1) is 0 Å². The van der Waals surface area contributed by atoms with Crippen molar-refractivity contribution in [2.75, 3.05) is 6.54 Å². The predicted octanol–water partition coefficient (Wildman–Crippen LogP) is 1.53. The molecule has 1 aromatic rings. The van der Waals surface area contributed by atoms with Crippen LogP contribution in [0.4, 0.5) is 0 Å². The average Bonchev–Trinajstić information content (AvgIpc) is 2.82. The minimum atomic E-state index is -0.480. The largest absolute Gasteiger partial charge is 0.388 e. The van der Waals surface area contributed by atoms with E-state index in [-0.39, 0.29) is 5.41 Å². The Balaban J connectivity index is 2.29. The Morgan fingerprint density at radius 3 is 2.82 bits per heavy atom. The summed E-state index contributed by atoms with van der Waals surface area (Å²) in [5.74, 6) is 0.658. The fourth-order valence-corrected chi connectivity index (χ4v) is 3.19. The summed E-state index contributed by atoms with van der Waals surface area (Å²) in [6, 6.07) is 0. The standard InChI is InChI=1S/C13H23N3O/c1-9-4-5-13(6-9,8-14)12(17)11-7-16(3)15-10(11)2/h7,9,12,17H,4-6,8,14H2,1-3H3. The highest BCUT2D eigenvalue weighted by Crippen LogP contribution is 2.49. The van der Waals surface area contributed by atoms with E-state index in [1.54, 1.807) is 4.68 Å². The van der Waals surface area contributed by atoms with Crippen molar-refractivity contribution in [3.05, 3.63) is 17.5 Å². The Morgan fingerprint density at radius 1 is 1.71 bits per heavy atom. The molecule has 3 unspecified atom stereocenters. The minimum Gasteiger partial charge on any atom is -0.388 e. The monoisotopic (exact) mass is 237 g/mol. The highest BCUT2D eigenvalue weighted by molar-refractivity contribution is 5.22. The summed E-state index contributed by atoms with van der Waals surface area (Å²) in [4.78, 5) is 0. The Morgan fingerprint density at radius 2 is 2.41 bits per heavy atom. The highest BCUT2D eigenvalue weighted by Gasteiger charge is 2.43. The van der Waals surface area contributed by atoms with Crippen LogP contribution in [0.3, 0.4) is 0 Å². The van der Waals surface area contributed by atoms with E-state index >= 15 is 0 Å². The Labute approximate surface area is 103 Å². The normalized spacial score (nSPS) is 30.8. The second-order valence-corrected chi connectivity index (χ2v) is 5.66. The molecule has 17 heavy (non-hydrogen) atoms. The zero-order valence-electron chi connectivity index (χ0n) is 11.0. The quantitative estimate of drug-likeness (QED) is 0.838. The van der Waals surface area contributed by atoms with Crippen molar-refractivity contribution in [3.63, 3.8) is 0 Å². The van der Waals surface area contributed by atoms with Crippen LogP contribution in [0.15, 0.2) is 6.20 Å². The van der Waals surface area contributed by atoms with Gasteiger partial charge in [0.05, 0.1) is 11.8 Å². The molecule has 1 saturated carbocycles. The van der Waals surface area contributed by atoms with Crippen molar-refractivity contribution >= 4 is 0 Å². The second-order valence-electron chi connectivity index (χ2n) is 5.66. The van der Waals surface area contributed by atoms with Crippen LogP contribution in [-0.2, 0) is 7.05 Å². The highest BCUT2D eigenvalue weighted by atomic mass is 16.3. The summed E-state index contributed by atoms with van der Waals surface area (Å²) in [7, 11) is 1.88. The molecule has 1 aromatic heterocycles. The van der Waals surface area contributed by atoms with Gasteiger partial charge in [-0.2, -0.15) is 5.10 Å². The van der Waals surface area contributed by atoms with Gasteiger partial charge in [-0.3, -0.25) is 4.68 Å². The van der Waals surface area contributed by atoms with Gasteiger partial charge in [0.2, 0.25) is 0 Å². The van der Waals surface area contributed by atoms with Gasteiger partial charge in [-0.1, -0.05) is 13.3 Å². The topological polar surface area (TPSA) is 64.1 Å². The molecule has 1 aliphatic rings. The molecule has 0 saturated heterocycles. The molecule has 2 rings (SSSR count). The molecule has 0 aromatic carbocycles. The van der Waals surface area contributed by atoms with E-state index in [0.29, 0.717) is 12.5 Å². The first-order valence-corrected chi connectivity index (χ1v) is 6.37. The fraction of sp³-hybridized carbons (Fsp3) is 0.769. The summed E-state index contributed by atoms with van der Waals surface area (Å²) >= 11 is 0. The molecule has 0 bridgehead atoms. The van der Waals surface area contributed by atoms with Gasteiger partial charge in [0.25, 0.3) is 0 Å². The zero-order valence-corrected chi connectivity index (χ0v) is 11.0. The molecule has 3 N–H and O–H groups in total. The van der Waals surface area contributed by atoms with E-state index in [4.69, 9.17) is 5.73 Å². The Bertz CT molecular complexity index is 401. The third-order valence-electron chi connectivity index (χ3n) is 4.22. The van der Waals surface area contributed by atoms with Gasteiger partial charge in [-0.05, 0) is 25.7 Å². The van der Waals surface area contributed by atoms with Gasteiger partial charge >= 0.3 is 0 Å². The maximum atomic E-state index is 10.6. The van der Waals surface area contributed by atoms with Crippen LogP contribution in [-0.4, -0.2) is 21.4 Å². The third-order valence-corrected chi connectivity index (χ3v) is 4.22. The summed E-state index contributed by atoms with van der Waals surface area (Å²) < 4.78 is 1.76. The van der Waals surface area contributed by atoms with Crippen molar-refractivity contribution in [1.29, 1.82) is 0 Å². The van der Waals surface area contributed by atoms with Crippen LogP contribution in [0, 0.1) is 18.3 Å². The molecule has 0 amide bonds. The molecular formula is C13H23N3O. The number of aliphatic hydroxyl groups excluding tert-OH is 1. The van der Waals surface area contributed by atoms with Crippen molar-refractivity contribution in [2.24, 2.45) is 24.1 Å². The molecule has 3 atom stereocenters. The first-order valence-electron chi connectivity index (χ1n) is 6.37. The van der Waals surface area contributed by atoms with Crippen LogP contribution in [0.1, 0.15) is 43.5 Å². The predicted molar refractivity (Wildman–Crippen MR) is 67.4 cm³/mol. The summed E-state index contributed by atoms with van der Waals surface area (Å²) in [6.07, 6.45) is 4.62. The molecule has 1 aliphatic carbocycles. The number of hydrogen-bond acceptors (Lipinski definition) is 3. The van der Waals surface area contributed by atoms with E-state index < -0.39 is 6.10 Å². The van der Waals surface area contributed by atoms with Gasteiger partial charge < -0.3 is 10.8 Å². The SMILES string of the molecule is Cc1nn(C)cc1C(O)C1(CN)CCC(C)C1. The molecule has 0 aliphatic heterocycles. The number of nitrogens with zero attached hydrogens (tertiary/aromatic N) is 2. The summed E-state index contributed by atoms with van der Waals surface area (Å²) in [6.45, 7) is 4.73. The molecule has 0 spiro atoms. The molecule has 0 radical (unpaired) electrons. The lowest BCUT2D eigenvalue weighted by Crippen LogP contribution is -2.34. The average molecular weight is 237 g/mol. The number of aliphatic hydroxyl groups is 1. The van der Waals surface area contributed by atoms with Gasteiger partial charge in [0.15, 0.2) is 0 Å². The van der Waals surface area contributed by atoms with Crippen molar-refractivity contribution < 1.29 is 5.11 Å². The van der Waals surface area contributed by atoms with Crippen molar-refractivity contribution in [1.82, 2.24) is 9.78 Å². The van der Waals surface area contributed by atoms with Crippen LogP contribution in [0.5, 0.6) is 0 Å². The molecule has 1 fully saturated rings. The van der Waals surface area contributed by atoms with E-state index in [1.807, 2.05) is 20.2 Å². The number of nitrogens with two attached hydrogens (primary N) is 1. The first kappa shape index (κ1) is 12.6. The van der Waals surface area contributed by atoms with Crippen LogP contribution in [0.25, 0.3) is 0 Å². The molecular weight excluding hydrogens is 214 g/mol. The molecule has 96 valence electrons. The van der Waals surface area contributed by atoms with Crippen molar-refractivity contribution in [3.8, 4) is 0 Å². The number of aromatic nitrogens is 2. The van der Waals surface area contributed by atoms with E-state index in [2.05, 4.69) is 12.0 Å². The van der Waals surface area contributed by atoms with Crippen molar-refractivity contribution in [2.45, 2.75) is 39.2 Å². The lowest BCUT2D eigenvalue weighted by Gasteiger charge is -2.33. The van der Waals surface area contributed by atoms with Gasteiger partial charge in [0, 0.05) is 30.8 Å². The van der Waals surface area contributed by atoms with Crippen LogP contribution < -0.4 is 5.73 Å². The second kappa shape index (κ2) is 4.42. The molecule has 4 heteroatoms. The van der Waals surface area contributed by atoms with Gasteiger partial charge in [0.1, 0.15) is 0 Å². The maximum Gasteiger partial charge on any atom is 0.0891 e. The maximum absolute atomic E-state index is 10.6. The number of hydrogen-bond donors (Lipinski definition) is 2. The van der Waals surface area contributed by atoms with E-state index in [9.17, 15) is 5.11 Å². The number of rotatable bonds is 3. The smallest absolute Gasteiger partial charge is 0.0891 e. The molecule has 4 nitrogen and oxygen atoms in total. The summed E-state index contributed by atoms with van der Waals surface area (Å²) in [5.41, 5.74) is 7.64. The fourth-order valence-electron chi connectivity index (χ4n) is 3.19.